The van der Waals surface area contributed by atoms with Gasteiger partial charge in [0.1, 0.15) is 35.6 Å². The number of carbonyl (C=O) groups is 7. The smallest absolute Gasteiger partial charge is 0.408 e. The van der Waals surface area contributed by atoms with Crippen molar-refractivity contribution in [2.45, 2.75) is 187 Å². The van der Waals surface area contributed by atoms with E-state index in [9.17, 15) is 38.7 Å². The third kappa shape index (κ3) is 15.3. The Morgan fingerprint density at radius 2 is 1.62 bits per heavy atom. The molecular weight excluding hydrogens is 1030 g/mol. The third-order valence-corrected chi connectivity index (χ3v) is 15.8. The summed E-state index contributed by atoms with van der Waals surface area (Å²) in [5.74, 6) is -3.23. The van der Waals surface area contributed by atoms with Gasteiger partial charge < -0.3 is 46.5 Å². The van der Waals surface area contributed by atoms with Crippen LogP contribution >= 0.6 is 11.3 Å². The number of rotatable bonds is 21. The highest BCUT2D eigenvalue weighted by Gasteiger charge is 2.46. The van der Waals surface area contributed by atoms with Crippen molar-refractivity contribution in [1.82, 2.24) is 31.2 Å². The Bertz CT molecular complexity index is 2880. The Balaban J connectivity index is 0.895. The zero-order valence-corrected chi connectivity index (χ0v) is 47.6. The maximum Gasteiger partial charge on any atom is 0.408 e. The molecule has 426 valence electrons. The van der Waals surface area contributed by atoms with Gasteiger partial charge in [0.05, 0.1) is 52.7 Å². The summed E-state index contributed by atoms with van der Waals surface area (Å²) in [4.78, 5) is 103. The van der Waals surface area contributed by atoms with Gasteiger partial charge in [-0.3, -0.25) is 33.7 Å². The van der Waals surface area contributed by atoms with E-state index in [0.717, 1.165) is 32.8 Å². The van der Waals surface area contributed by atoms with E-state index in [4.69, 9.17) is 15.2 Å². The summed E-state index contributed by atoms with van der Waals surface area (Å²) in [7, 11) is 0. The van der Waals surface area contributed by atoms with Crippen molar-refractivity contribution < 1.29 is 52.5 Å². The monoisotopic (exact) mass is 1110 g/mol. The zero-order chi connectivity index (χ0) is 57.5. The summed E-state index contributed by atoms with van der Waals surface area (Å²) < 4.78 is 27.2. The summed E-state index contributed by atoms with van der Waals surface area (Å²) in [5.41, 5.74) is 12.0. The largest absolute Gasteiger partial charge is 0.444 e. The maximum absolute atomic E-state index is 15.7. The summed E-state index contributed by atoms with van der Waals surface area (Å²) in [5, 5.41) is 22.3. The summed E-state index contributed by atoms with van der Waals surface area (Å²) in [6, 6.07) is 13.4. The normalized spacial score (nSPS) is 19.6. The molecule has 0 aliphatic carbocycles. The molecule has 0 bridgehead atoms. The average Bonchev–Trinajstić information content (AvgIpc) is 4.18. The predicted molar refractivity (Wildman–Crippen MR) is 298 cm³/mol. The number of anilines is 1. The number of ether oxygens (including phenoxy) is 2. The van der Waals surface area contributed by atoms with E-state index in [1.807, 2.05) is 77.1 Å². The van der Waals surface area contributed by atoms with Crippen LogP contribution in [0.3, 0.4) is 0 Å². The number of nitrogens with one attached hydrogen (secondary N) is 4. The number of aryl methyl sites for hydroxylation is 3. The van der Waals surface area contributed by atoms with Crippen LogP contribution in [0, 0.1) is 18.2 Å². The molecule has 0 radical (unpaired) electrons. The Morgan fingerprint density at radius 1 is 0.911 bits per heavy atom. The molecule has 7 amide bonds. The second kappa shape index (κ2) is 25.6. The van der Waals surface area contributed by atoms with Crippen LogP contribution < -0.4 is 31.9 Å². The van der Waals surface area contributed by atoms with Gasteiger partial charge in [0.15, 0.2) is 0 Å². The summed E-state index contributed by atoms with van der Waals surface area (Å²) in [6.07, 6.45) is 0.274. The van der Waals surface area contributed by atoms with E-state index >= 15 is 4.39 Å². The minimum absolute atomic E-state index is 0.0482. The zero-order valence-electron chi connectivity index (χ0n) is 46.8. The maximum atomic E-state index is 15.7. The van der Waals surface area contributed by atoms with Crippen molar-refractivity contribution in [2.24, 2.45) is 11.1 Å². The number of alkyl carbamates (subject to hydrolysis) is 1. The number of β-amino-alcohol motifs (C(OH)–C–C–N with tert-alkyl or cyclic N) is 1. The SMILES string of the molecule is Cc1ncsc1-c1ccc([C@H](C)NC(=O)[C@@H]2C[C@@H](O)CN2C(=O)[C@@H](NC(=O)CCCCc2ccc(CO[C@H](C)[C@H](CCC(N)=O)NC(=O)[C@@H]3Cc4cccc5c4N3C(=O)[C@@H](NC(=O)OC(C)(C)C)CC5)c(F)c2)C(C)(C)C)cc1. The van der Waals surface area contributed by atoms with Crippen molar-refractivity contribution in [1.29, 1.82) is 0 Å². The third-order valence-electron chi connectivity index (χ3n) is 14.8. The van der Waals surface area contributed by atoms with Crippen LogP contribution in [0.1, 0.15) is 140 Å². The van der Waals surface area contributed by atoms with Gasteiger partial charge in [-0.1, -0.05) is 75.4 Å². The van der Waals surface area contributed by atoms with E-state index in [1.165, 1.54) is 15.9 Å². The van der Waals surface area contributed by atoms with E-state index < -0.39 is 94.9 Å². The fraction of sp³-hybridized carbons (Fsp3) is 0.525. The highest BCUT2D eigenvalue weighted by molar-refractivity contribution is 7.13. The number of aliphatic hydroxyl groups excluding tert-OH is 1. The molecular formula is C59H77FN8O10S. The lowest BCUT2D eigenvalue weighted by Gasteiger charge is -2.35. The summed E-state index contributed by atoms with van der Waals surface area (Å²) in [6.45, 7) is 16.0. The Labute approximate surface area is 466 Å². The minimum atomic E-state index is -0.982. The molecule has 3 aliphatic rings. The van der Waals surface area contributed by atoms with Crippen molar-refractivity contribution in [3.63, 3.8) is 0 Å². The molecule has 4 heterocycles. The molecule has 1 saturated heterocycles. The molecule has 79 heavy (non-hydrogen) atoms. The number of unbranched alkanes of at least 4 members (excludes halogenated alkanes) is 1. The lowest BCUT2D eigenvalue weighted by Crippen LogP contribution is -2.57. The molecule has 3 aromatic carbocycles. The van der Waals surface area contributed by atoms with Crippen molar-refractivity contribution >= 4 is 58.6 Å². The van der Waals surface area contributed by atoms with Crippen LogP contribution in [-0.2, 0) is 64.1 Å². The van der Waals surface area contributed by atoms with Gasteiger partial charge in [0.2, 0.25) is 35.4 Å². The summed E-state index contributed by atoms with van der Waals surface area (Å²) >= 11 is 1.56. The van der Waals surface area contributed by atoms with Crippen molar-refractivity contribution in [3.8, 4) is 10.4 Å². The Hall–Kier alpha value is -6.77. The molecule has 3 aliphatic heterocycles. The average molecular weight is 1110 g/mol. The van der Waals surface area contributed by atoms with Crippen molar-refractivity contribution in [3.05, 3.63) is 106 Å². The molecule has 20 heteroatoms. The first kappa shape index (κ1) is 59.9. The first-order valence-electron chi connectivity index (χ1n) is 27.3. The molecule has 0 unspecified atom stereocenters. The molecule has 0 saturated carbocycles. The second-order valence-electron chi connectivity index (χ2n) is 23.2. The highest BCUT2D eigenvalue weighted by atomic mass is 32.1. The number of carbonyl (C=O) groups excluding carboxylic acids is 7. The number of primary amides is 1. The fourth-order valence-electron chi connectivity index (χ4n) is 10.5. The van der Waals surface area contributed by atoms with Crippen LogP contribution in [0.15, 0.2) is 66.2 Å². The number of hydrogen-bond donors (Lipinski definition) is 6. The molecule has 1 fully saturated rings. The molecule has 8 atom stereocenters. The van der Waals surface area contributed by atoms with Gasteiger partial charge in [0, 0.05) is 37.8 Å². The number of amides is 7. The van der Waals surface area contributed by atoms with E-state index in [1.54, 1.807) is 56.7 Å². The number of aromatic nitrogens is 1. The van der Waals surface area contributed by atoms with Crippen LogP contribution in [-0.4, -0.2) is 111 Å². The minimum Gasteiger partial charge on any atom is -0.444 e. The van der Waals surface area contributed by atoms with Gasteiger partial charge in [-0.15, -0.1) is 11.3 Å². The van der Waals surface area contributed by atoms with Crippen LogP contribution in [0.5, 0.6) is 0 Å². The number of nitrogens with zero attached hydrogens (tertiary/aromatic N) is 3. The number of nitrogens with two attached hydrogens (primary N) is 1. The van der Waals surface area contributed by atoms with Crippen LogP contribution in [0.4, 0.5) is 14.9 Å². The molecule has 0 spiro atoms. The van der Waals surface area contributed by atoms with Gasteiger partial charge >= 0.3 is 6.09 Å². The first-order chi connectivity index (χ1) is 37.3. The first-order valence-corrected chi connectivity index (χ1v) is 28.2. The lowest BCUT2D eigenvalue weighted by molar-refractivity contribution is -0.144. The predicted octanol–water partition coefficient (Wildman–Crippen LogP) is 6.79. The number of thiazole rings is 1. The Kier molecular flexibility index (Phi) is 19.4. The Morgan fingerprint density at radius 3 is 2.28 bits per heavy atom. The standard InChI is InChI=1S/C59H77FN8O10S/c1-33(37-19-21-39(22-20-37)51-34(2)62-32-79-51)63-53(72)46-29-42(69)30-67(46)56(75)52(58(4,5)6)66-49(71)16-11-10-13-36-17-18-41(43(60)27-36)31-77-35(3)44(25-26-48(61)70)64-54(73)47-28-40-15-12-14-38-23-24-45(55(74)68(47)50(38)40)65-57(76)78-59(7,8)9/h12,14-15,17-22,27,32-33,35,42,44-47,52,69H,10-11,13,16,23-26,28-31H2,1-9H3,(H2,61,70)(H,63,72)(H,64,73)(H,65,76)(H,66,71)/t33-,35+,42+,44-,45-,46-,47-,52+/m0/s1. The number of likely N-dealkylation sites (tertiary alicyclic amines) is 1. The topological polar surface area (TPSA) is 252 Å². The lowest BCUT2D eigenvalue weighted by atomic mass is 9.85. The molecule has 1 aromatic heterocycles. The van der Waals surface area contributed by atoms with Crippen LogP contribution in [0.2, 0.25) is 0 Å². The second-order valence-corrected chi connectivity index (χ2v) is 24.1. The number of aliphatic hydroxyl groups is 1. The van der Waals surface area contributed by atoms with E-state index in [-0.39, 0.29) is 62.8 Å². The molecule has 4 aromatic rings. The molecule has 18 nitrogen and oxygen atoms in total. The van der Waals surface area contributed by atoms with Gasteiger partial charge in [0.25, 0.3) is 0 Å². The van der Waals surface area contributed by atoms with E-state index in [0.29, 0.717) is 43.4 Å². The van der Waals surface area contributed by atoms with Crippen molar-refractivity contribution in [2.75, 3.05) is 11.4 Å². The number of hydrogen-bond acceptors (Lipinski definition) is 12. The van der Waals surface area contributed by atoms with Crippen LogP contribution in [0.25, 0.3) is 10.4 Å². The quantitative estimate of drug-likeness (QED) is 0.0474. The van der Waals surface area contributed by atoms with E-state index in [2.05, 4.69) is 26.3 Å². The molecule has 7 N–H and O–H groups in total. The fourth-order valence-corrected chi connectivity index (χ4v) is 11.3. The number of halogens is 1. The number of benzene rings is 3. The highest BCUT2D eigenvalue weighted by Crippen LogP contribution is 2.39. The molecule has 7 rings (SSSR count). The van der Waals surface area contributed by atoms with Gasteiger partial charge in [-0.25, -0.2) is 14.2 Å². The number of para-hydroxylation sites is 1. The van der Waals surface area contributed by atoms with Gasteiger partial charge in [-0.05, 0) is 119 Å². The van der Waals surface area contributed by atoms with Gasteiger partial charge in [-0.2, -0.15) is 0 Å².